The molecule has 10 nitrogen and oxygen atoms in total. The normalized spacial score (nSPS) is 19.3. The highest BCUT2D eigenvalue weighted by Gasteiger charge is 2.49. The van der Waals surface area contributed by atoms with Gasteiger partial charge in [-0.05, 0) is 56.1 Å². The highest BCUT2D eigenvalue weighted by molar-refractivity contribution is 7.15. The first-order valence-electron chi connectivity index (χ1n) is 16.2. The average molecular weight is 664 g/mol. The van der Waals surface area contributed by atoms with E-state index in [0.717, 1.165) is 41.5 Å². The number of likely N-dealkylation sites (N-methyl/N-ethyl adjacent to an activating group) is 1. The number of benzene rings is 1. The van der Waals surface area contributed by atoms with Crippen LogP contribution in [-0.4, -0.2) is 69.7 Å². The molecule has 5 heterocycles. The van der Waals surface area contributed by atoms with Crippen molar-refractivity contribution in [3.63, 3.8) is 0 Å². The number of thiophene rings is 1. The van der Waals surface area contributed by atoms with Crippen molar-refractivity contribution >= 4 is 46.0 Å². The second-order valence-corrected chi connectivity index (χ2v) is 13.3. The fourth-order valence-electron chi connectivity index (χ4n) is 6.41. The first kappa shape index (κ1) is 26.7. The van der Waals surface area contributed by atoms with Crippen LogP contribution in [0.3, 0.4) is 0 Å². The van der Waals surface area contributed by atoms with E-state index in [0.29, 0.717) is 55.4 Å². The molecule has 0 radical (unpaired) electrons. The molecule has 4 aromatic rings. The molecule has 238 valence electrons. The van der Waals surface area contributed by atoms with E-state index in [1.54, 1.807) is 4.57 Å². The summed E-state index contributed by atoms with van der Waals surface area (Å²) in [6, 6.07) is 4.70. The minimum absolute atomic E-state index is 0.0125. The molecular formula is C30H32ClF3N8O2S. The standard InChI is InChI=1S/C30H32ClF3N8O2S/c1-3-21-25(40-10-8-35-9-11-40)27(44)42-28(41(21)15-24(43)36-20-5-4-17(12-19(20)31)30(32,33)34)37-26(38-42)22-13-18-23(45-22)14-39(2)16-29(18)6-7-29/h4-5,12-13,35H,3,6-11,14-16H2,1-2H3,(H,36,43)/i2D3. The van der Waals surface area contributed by atoms with Gasteiger partial charge in [-0.2, -0.15) is 22.7 Å². The minimum atomic E-state index is -4.59. The molecule has 2 aliphatic heterocycles. The number of piperazine rings is 1. The molecule has 2 fully saturated rings. The zero-order valence-corrected chi connectivity index (χ0v) is 25.9. The number of carbonyl (C=O) groups is 1. The number of halogens is 4. The van der Waals surface area contributed by atoms with E-state index in [1.165, 1.54) is 20.8 Å². The number of anilines is 2. The number of nitrogens with zero attached hydrogens (tertiary/aromatic N) is 6. The molecule has 0 bridgehead atoms. The lowest BCUT2D eigenvalue weighted by Gasteiger charge is -2.31. The van der Waals surface area contributed by atoms with E-state index in [1.807, 2.05) is 17.9 Å². The van der Waals surface area contributed by atoms with Crippen molar-refractivity contribution in [3.05, 3.63) is 61.3 Å². The Kier molecular flexibility index (Phi) is 6.60. The molecule has 1 saturated heterocycles. The quantitative estimate of drug-likeness (QED) is 0.316. The van der Waals surface area contributed by atoms with Crippen LogP contribution in [0.2, 0.25) is 5.02 Å². The summed E-state index contributed by atoms with van der Waals surface area (Å²) < 4.78 is 66.3. The second-order valence-electron chi connectivity index (χ2n) is 11.7. The SMILES string of the molecule is [2H]C([2H])([2H])N1Cc2sc(-c3nc4n(CC(=O)Nc5ccc(C(F)(F)F)cc5Cl)c(CC)c(N5CCNCC5)c(=O)n4n3)cc2C2(CC2)C1. The van der Waals surface area contributed by atoms with Crippen molar-refractivity contribution in [2.75, 3.05) is 49.9 Å². The number of carbonyl (C=O) groups excluding carboxylic acids is 1. The number of aromatic nitrogens is 4. The number of fused-ring (bicyclic) bond motifs is 3. The molecule has 1 aromatic carbocycles. The summed E-state index contributed by atoms with van der Waals surface area (Å²) in [7, 11) is 0. The number of rotatable bonds is 6. The van der Waals surface area contributed by atoms with Crippen molar-refractivity contribution in [2.45, 2.75) is 50.9 Å². The molecule has 1 aliphatic carbocycles. The van der Waals surface area contributed by atoms with Gasteiger partial charge in [0.05, 0.1) is 26.8 Å². The molecule has 1 spiro atoms. The molecule has 7 rings (SSSR count). The van der Waals surface area contributed by atoms with Crippen molar-refractivity contribution in [1.29, 1.82) is 0 Å². The smallest absolute Gasteiger partial charge is 0.363 e. The molecule has 1 saturated carbocycles. The van der Waals surface area contributed by atoms with Gasteiger partial charge < -0.3 is 25.0 Å². The Labute approximate surface area is 270 Å². The maximum Gasteiger partial charge on any atom is 0.416 e. The fourth-order valence-corrected chi connectivity index (χ4v) is 7.87. The van der Waals surface area contributed by atoms with E-state index in [9.17, 15) is 22.8 Å². The number of hydrogen-bond donors (Lipinski definition) is 2. The van der Waals surface area contributed by atoms with Crippen LogP contribution in [0.25, 0.3) is 16.5 Å². The molecular weight excluding hydrogens is 629 g/mol. The van der Waals surface area contributed by atoms with Crippen molar-refractivity contribution in [2.24, 2.45) is 0 Å². The van der Waals surface area contributed by atoms with Gasteiger partial charge in [0, 0.05) is 53.7 Å². The van der Waals surface area contributed by atoms with Crippen molar-refractivity contribution < 1.29 is 22.1 Å². The summed E-state index contributed by atoms with van der Waals surface area (Å²) in [6.45, 7) is 2.49. The Morgan fingerprint density at radius 3 is 2.69 bits per heavy atom. The Balaban J connectivity index is 1.30. The summed E-state index contributed by atoms with van der Waals surface area (Å²) in [5.41, 5.74) is 0.545. The van der Waals surface area contributed by atoms with Crippen molar-refractivity contribution in [1.82, 2.24) is 29.4 Å². The molecule has 3 aromatic heterocycles. The van der Waals surface area contributed by atoms with Gasteiger partial charge >= 0.3 is 6.18 Å². The average Bonchev–Trinajstić information content (AvgIpc) is 3.42. The second kappa shape index (κ2) is 11.1. The van der Waals surface area contributed by atoms with Gasteiger partial charge in [0.25, 0.3) is 5.56 Å². The fraction of sp³-hybridized carbons (Fsp3) is 0.467. The zero-order chi connectivity index (χ0) is 34.2. The Morgan fingerprint density at radius 2 is 2.02 bits per heavy atom. The number of hydrogen-bond acceptors (Lipinski definition) is 8. The molecule has 45 heavy (non-hydrogen) atoms. The third-order valence-electron chi connectivity index (χ3n) is 8.75. The first-order chi connectivity index (χ1) is 22.7. The van der Waals surface area contributed by atoms with Gasteiger partial charge in [-0.15, -0.1) is 16.4 Å². The van der Waals surface area contributed by atoms with Crippen LogP contribution >= 0.6 is 22.9 Å². The van der Waals surface area contributed by atoms with Gasteiger partial charge in [-0.3, -0.25) is 9.59 Å². The highest BCUT2D eigenvalue weighted by Crippen LogP contribution is 2.54. The third kappa shape index (κ3) is 5.41. The van der Waals surface area contributed by atoms with Gasteiger partial charge in [0.1, 0.15) is 12.2 Å². The molecule has 3 aliphatic rings. The molecule has 2 N–H and O–H groups in total. The van der Waals surface area contributed by atoms with Crippen LogP contribution in [0.4, 0.5) is 24.5 Å². The largest absolute Gasteiger partial charge is 0.416 e. The van der Waals surface area contributed by atoms with Crippen LogP contribution in [-0.2, 0) is 35.9 Å². The van der Waals surface area contributed by atoms with E-state index >= 15 is 0 Å². The van der Waals surface area contributed by atoms with E-state index in [-0.39, 0.29) is 46.4 Å². The monoisotopic (exact) mass is 663 g/mol. The van der Waals surface area contributed by atoms with Gasteiger partial charge in [0.15, 0.2) is 5.82 Å². The Hall–Kier alpha value is -3.46. The van der Waals surface area contributed by atoms with E-state index in [2.05, 4.69) is 15.7 Å². The number of alkyl halides is 3. The molecule has 0 unspecified atom stereocenters. The van der Waals surface area contributed by atoms with Crippen LogP contribution in [0.1, 0.15) is 45.6 Å². The predicted octanol–water partition coefficient (Wildman–Crippen LogP) is 4.38. The van der Waals surface area contributed by atoms with Gasteiger partial charge in [-0.1, -0.05) is 18.5 Å². The lowest BCUT2D eigenvalue weighted by molar-refractivity contribution is -0.137. The van der Waals surface area contributed by atoms with Crippen LogP contribution in [0, 0.1) is 0 Å². The third-order valence-corrected chi connectivity index (χ3v) is 10.2. The maximum absolute atomic E-state index is 14.1. The van der Waals surface area contributed by atoms with E-state index < -0.39 is 24.6 Å². The lowest BCUT2D eigenvalue weighted by atomic mass is 9.92. The summed E-state index contributed by atoms with van der Waals surface area (Å²) >= 11 is 7.53. The van der Waals surface area contributed by atoms with Gasteiger partial charge in [-0.25, -0.2) is 0 Å². The highest BCUT2D eigenvalue weighted by atomic mass is 35.5. The molecule has 0 atom stereocenters. The number of nitrogens with one attached hydrogen (secondary N) is 2. The summed E-state index contributed by atoms with van der Waals surface area (Å²) in [5.74, 6) is -0.169. The predicted molar refractivity (Wildman–Crippen MR) is 167 cm³/mol. The van der Waals surface area contributed by atoms with E-state index in [4.69, 9.17) is 20.7 Å². The Morgan fingerprint density at radius 1 is 1.24 bits per heavy atom. The van der Waals surface area contributed by atoms with Crippen LogP contribution in [0.15, 0.2) is 29.1 Å². The maximum atomic E-state index is 14.1. The lowest BCUT2D eigenvalue weighted by Crippen LogP contribution is -2.47. The minimum Gasteiger partial charge on any atom is -0.363 e. The summed E-state index contributed by atoms with van der Waals surface area (Å²) in [5, 5.41) is 10.3. The topological polar surface area (TPSA) is 99.8 Å². The van der Waals surface area contributed by atoms with Crippen LogP contribution < -0.4 is 21.1 Å². The number of amides is 1. The molecule has 15 heteroatoms. The Bertz CT molecular complexity index is 1980. The van der Waals surface area contributed by atoms with Crippen LogP contribution in [0.5, 0.6) is 0 Å². The van der Waals surface area contributed by atoms with Gasteiger partial charge in [0.2, 0.25) is 11.7 Å². The zero-order valence-electron chi connectivity index (χ0n) is 27.3. The first-order valence-corrected chi connectivity index (χ1v) is 15.9. The van der Waals surface area contributed by atoms with Crippen molar-refractivity contribution in [3.8, 4) is 10.7 Å². The molecule has 1 amide bonds. The summed E-state index contributed by atoms with van der Waals surface area (Å²) in [6.07, 6.45) is -2.44. The summed E-state index contributed by atoms with van der Waals surface area (Å²) in [4.78, 5) is 37.5.